The molecule has 8 nitrogen and oxygen atoms in total. The van der Waals surface area contributed by atoms with Crippen LogP contribution in [-0.2, 0) is 14.6 Å². The van der Waals surface area contributed by atoms with E-state index in [0.29, 0.717) is 32.1 Å². The summed E-state index contributed by atoms with van der Waals surface area (Å²) in [5, 5.41) is 7.12. The van der Waals surface area contributed by atoms with Crippen LogP contribution in [0.1, 0.15) is 25.7 Å². The molecule has 0 bridgehead atoms. The summed E-state index contributed by atoms with van der Waals surface area (Å²) >= 11 is 0. The lowest BCUT2D eigenvalue weighted by atomic mass is 9.80. The van der Waals surface area contributed by atoms with E-state index in [2.05, 4.69) is 14.9 Å². The molecule has 30 heavy (non-hydrogen) atoms. The zero-order chi connectivity index (χ0) is 22.0. The Morgan fingerprint density at radius 3 is 2.33 bits per heavy atom. The van der Waals surface area contributed by atoms with E-state index in [4.69, 9.17) is 14.6 Å². The predicted octanol–water partition coefficient (Wildman–Crippen LogP) is 1.78. The third-order valence-electron chi connectivity index (χ3n) is 6.02. The van der Waals surface area contributed by atoms with E-state index < -0.39 is 26.7 Å². The van der Waals surface area contributed by atoms with Crippen LogP contribution >= 0.6 is 0 Å². The monoisotopic (exact) mass is 451 g/mol. The van der Waals surface area contributed by atoms with Crippen molar-refractivity contribution in [2.24, 2.45) is 11.8 Å². The second-order valence-electron chi connectivity index (χ2n) is 7.98. The second kappa shape index (κ2) is 8.66. The van der Waals surface area contributed by atoms with Gasteiger partial charge in [0.15, 0.2) is 9.84 Å². The van der Waals surface area contributed by atoms with Gasteiger partial charge in [-0.3, -0.25) is 4.90 Å². The molecule has 1 spiro atoms. The number of likely N-dealkylation sites (tertiary alicyclic amines) is 1. The van der Waals surface area contributed by atoms with Crippen molar-refractivity contribution in [3.8, 4) is 6.01 Å². The summed E-state index contributed by atoms with van der Waals surface area (Å²) < 4.78 is 62.0. The van der Waals surface area contributed by atoms with Crippen molar-refractivity contribution < 1.29 is 36.2 Å². The maximum Gasteiger partial charge on any atom is 0.490 e. The molecule has 0 radical (unpaired) electrons. The highest BCUT2D eigenvalue weighted by molar-refractivity contribution is 7.93. The second-order valence-corrected chi connectivity index (χ2v) is 10.4. The van der Waals surface area contributed by atoms with Gasteiger partial charge in [0.05, 0.1) is 12.4 Å². The van der Waals surface area contributed by atoms with E-state index >= 15 is 0 Å². The molecule has 2 aliphatic heterocycles. The number of nitrogens with zero attached hydrogens (tertiary/aromatic N) is 3. The highest BCUT2D eigenvalue weighted by Gasteiger charge is 2.61. The Bertz CT molecular complexity index is 840. The van der Waals surface area contributed by atoms with Crippen molar-refractivity contribution >= 4 is 15.8 Å². The van der Waals surface area contributed by atoms with Crippen LogP contribution in [0.2, 0.25) is 0 Å². The number of sulfone groups is 1. The molecule has 0 aromatic carbocycles. The average molecular weight is 451 g/mol. The predicted molar refractivity (Wildman–Crippen MR) is 99.6 cm³/mol. The van der Waals surface area contributed by atoms with Crippen molar-refractivity contribution in [3.63, 3.8) is 0 Å². The van der Waals surface area contributed by atoms with Crippen LogP contribution < -0.4 is 4.74 Å². The molecule has 1 aromatic rings. The molecule has 0 amide bonds. The first kappa shape index (κ1) is 22.7. The Morgan fingerprint density at radius 2 is 1.83 bits per heavy atom. The van der Waals surface area contributed by atoms with Crippen molar-refractivity contribution in [3.05, 3.63) is 18.5 Å². The van der Waals surface area contributed by atoms with Crippen LogP contribution in [0.5, 0.6) is 6.01 Å². The van der Waals surface area contributed by atoms with Gasteiger partial charge in [0.1, 0.15) is 4.75 Å². The highest BCUT2D eigenvalue weighted by atomic mass is 32.2. The zero-order valence-electron chi connectivity index (χ0n) is 16.2. The van der Waals surface area contributed by atoms with Gasteiger partial charge in [-0.25, -0.2) is 23.2 Å². The fourth-order valence-corrected chi connectivity index (χ4v) is 6.58. The molecule has 3 fully saturated rings. The van der Waals surface area contributed by atoms with Gasteiger partial charge in [-0.15, -0.1) is 0 Å². The number of alkyl halides is 3. The summed E-state index contributed by atoms with van der Waals surface area (Å²) in [5.41, 5.74) is 0. The first-order valence-electron chi connectivity index (χ1n) is 9.68. The minimum Gasteiger partial charge on any atom is -0.475 e. The minimum atomic E-state index is -5.08. The standard InChI is InChI=1S/C16H23N3O3S.C2HF3O2/c20-23(21)8-5-14(10-22-15-17-6-2-7-18-15)16(23)11-19(12-16)9-13-3-1-4-13;3-2(4,5)1(6)7/h2,6-7,13-14H,1,3-5,8-12H2;(H,6,7). The normalized spacial score (nSPS) is 25.0. The number of hydrogen-bond acceptors (Lipinski definition) is 7. The Morgan fingerprint density at radius 1 is 1.23 bits per heavy atom. The maximum atomic E-state index is 12.6. The summed E-state index contributed by atoms with van der Waals surface area (Å²) in [6.45, 7) is 2.80. The molecule has 1 aliphatic carbocycles. The van der Waals surface area contributed by atoms with E-state index in [0.717, 1.165) is 12.5 Å². The van der Waals surface area contributed by atoms with E-state index in [-0.39, 0.29) is 11.7 Å². The van der Waals surface area contributed by atoms with Gasteiger partial charge in [0.25, 0.3) is 0 Å². The van der Waals surface area contributed by atoms with E-state index in [9.17, 15) is 21.6 Å². The number of aliphatic carboxylic acids is 1. The third kappa shape index (κ3) is 4.85. The molecule has 2 saturated heterocycles. The van der Waals surface area contributed by atoms with Crippen molar-refractivity contribution in [1.29, 1.82) is 0 Å². The molecule has 1 unspecified atom stereocenters. The Labute approximate surface area is 172 Å². The summed E-state index contributed by atoms with van der Waals surface area (Å²) in [7, 11) is -3.02. The summed E-state index contributed by atoms with van der Waals surface area (Å²) in [6, 6.07) is 2.07. The number of carbonyl (C=O) groups is 1. The van der Waals surface area contributed by atoms with Gasteiger partial charge in [0.2, 0.25) is 0 Å². The van der Waals surface area contributed by atoms with Crippen LogP contribution in [-0.4, -0.2) is 77.3 Å². The highest BCUT2D eigenvalue weighted by Crippen LogP contribution is 2.45. The molecule has 4 rings (SSSR count). The molecular weight excluding hydrogens is 427 g/mol. The topological polar surface area (TPSA) is 110 Å². The van der Waals surface area contributed by atoms with Crippen LogP contribution in [0.15, 0.2) is 18.5 Å². The number of hydrogen-bond donors (Lipinski definition) is 1. The van der Waals surface area contributed by atoms with Crippen LogP contribution in [0.3, 0.4) is 0 Å². The first-order chi connectivity index (χ1) is 14.0. The van der Waals surface area contributed by atoms with Gasteiger partial charge in [-0.1, -0.05) is 6.42 Å². The molecule has 12 heteroatoms. The van der Waals surface area contributed by atoms with Gasteiger partial charge in [0, 0.05) is 37.9 Å². The molecule has 3 aliphatic rings. The molecule has 1 aromatic heterocycles. The van der Waals surface area contributed by atoms with Gasteiger partial charge < -0.3 is 9.84 Å². The van der Waals surface area contributed by atoms with Crippen LogP contribution in [0, 0.1) is 11.8 Å². The zero-order valence-corrected chi connectivity index (χ0v) is 17.0. The number of carboxylic acid groups (broad SMARTS) is 1. The lowest BCUT2D eigenvalue weighted by molar-refractivity contribution is -0.192. The molecule has 1 atom stereocenters. The largest absolute Gasteiger partial charge is 0.490 e. The number of carboxylic acids is 1. The van der Waals surface area contributed by atoms with Crippen LogP contribution in [0.4, 0.5) is 13.2 Å². The number of ether oxygens (including phenoxy) is 1. The fourth-order valence-electron chi connectivity index (χ4n) is 4.12. The van der Waals surface area contributed by atoms with Crippen molar-refractivity contribution in [2.75, 3.05) is 32.0 Å². The number of aromatic nitrogens is 2. The Hall–Kier alpha value is -1.95. The van der Waals surface area contributed by atoms with Gasteiger partial charge >= 0.3 is 18.2 Å². The summed E-state index contributed by atoms with van der Waals surface area (Å²) in [5.74, 6) is -1.64. The van der Waals surface area contributed by atoms with E-state index in [1.165, 1.54) is 19.3 Å². The molecule has 1 saturated carbocycles. The average Bonchev–Trinajstić information content (AvgIpc) is 2.87. The summed E-state index contributed by atoms with van der Waals surface area (Å²) in [6.07, 6.45) is 2.80. The molecule has 1 N–H and O–H groups in total. The number of rotatable bonds is 5. The van der Waals surface area contributed by atoms with Gasteiger partial charge in [-0.2, -0.15) is 13.2 Å². The quantitative estimate of drug-likeness (QED) is 0.722. The smallest absolute Gasteiger partial charge is 0.475 e. The molecule has 168 valence electrons. The first-order valence-corrected chi connectivity index (χ1v) is 11.3. The minimum absolute atomic E-state index is 0.0500. The lowest BCUT2D eigenvalue weighted by Crippen LogP contribution is -2.68. The molecular formula is C18H24F3N3O5S. The Kier molecular flexibility index (Phi) is 6.56. The summed E-state index contributed by atoms with van der Waals surface area (Å²) in [4.78, 5) is 19.3. The lowest BCUT2D eigenvalue weighted by Gasteiger charge is -2.51. The fraction of sp³-hybridized carbons (Fsp3) is 0.722. The van der Waals surface area contributed by atoms with Crippen molar-refractivity contribution in [1.82, 2.24) is 14.9 Å². The van der Waals surface area contributed by atoms with Crippen molar-refractivity contribution in [2.45, 2.75) is 36.6 Å². The molecule has 3 heterocycles. The van der Waals surface area contributed by atoms with E-state index in [1.807, 2.05) is 0 Å². The van der Waals surface area contributed by atoms with Gasteiger partial charge in [-0.05, 0) is 31.2 Å². The number of halogens is 3. The van der Waals surface area contributed by atoms with Crippen LogP contribution in [0.25, 0.3) is 0 Å². The third-order valence-corrected chi connectivity index (χ3v) is 8.62. The Balaban J connectivity index is 0.000000318. The maximum absolute atomic E-state index is 12.6. The SMILES string of the molecule is O=C(O)C(F)(F)F.O=S1(=O)CCC(COc2ncccn2)C12CN(CC1CCC1)C2. The van der Waals surface area contributed by atoms with E-state index in [1.54, 1.807) is 18.5 Å².